The van der Waals surface area contributed by atoms with Gasteiger partial charge in [0.05, 0.1) is 6.04 Å². The SMILES string of the molecule is C1=CC2NCC=CC2=CC1. The van der Waals surface area contributed by atoms with E-state index >= 15 is 0 Å². The molecule has 1 N–H and O–H groups in total. The second kappa shape index (κ2) is 2.43. The summed E-state index contributed by atoms with van der Waals surface area (Å²) in [6.45, 7) is 1.01. The quantitative estimate of drug-likeness (QED) is 0.492. The predicted molar refractivity (Wildman–Crippen MR) is 42.8 cm³/mol. The van der Waals surface area contributed by atoms with E-state index < -0.39 is 0 Å². The Bertz CT molecular complexity index is 211. The number of allylic oxidation sites excluding steroid dienone is 2. The zero-order valence-electron chi connectivity index (χ0n) is 5.88. The lowest BCUT2D eigenvalue weighted by atomic mass is 9.98. The zero-order chi connectivity index (χ0) is 6.81. The van der Waals surface area contributed by atoms with Gasteiger partial charge in [-0.25, -0.2) is 0 Å². The third-order valence-corrected chi connectivity index (χ3v) is 1.94. The zero-order valence-corrected chi connectivity index (χ0v) is 5.88. The van der Waals surface area contributed by atoms with E-state index in [1.54, 1.807) is 0 Å². The molecule has 1 nitrogen and oxygen atoms in total. The monoisotopic (exact) mass is 133 g/mol. The summed E-state index contributed by atoms with van der Waals surface area (Å²) in [6.07, 6.45) is 12.2. The van der Waals surface area contributed by atoms with Crippen LogP contribution in [0.3, 0.4) is 0 Å². The highest BCUT2D eigenvalue weighted by Crippen LogP contribution is 2.15. The summed E-state index contributed by atoms with van der Waals surface area (Å²) in [5, 5.41) is 3.38. The molecule has 52 valence electrons. The Morgan fingerprint density at radius 1 is 1.40 bits per heavy atom. The molecule has 2 rings (SSSR count). The second-order valence-corrected chi connectivity index (χ2v) is 2.66. The highest BCUT2D eigenvalue weighted by Gasteiger charge is 2.11. The van der Waals surface area contributed by atoms with Gasteiger partial charge >= 0.3 is 0 Å². The molecule has 1 aliphatic carbocycles. The van der Waals surface area contributed by atoms with E-state index in [1.807, 2.05) is 0 Å². The van der Waals surface area contributed by atoms with E-state index in [0.29, 0.717) is 6.04 Å². The van der Waals surface area contributed by atoms with Crippen LogP contribution in [0.15, 0.2) is 36.0 Å². The van der Waals surface area contributed by atoms with Gasteiger partial charge in [0.25, 0.3) is 0 Å². The van der Waals surface area contributed by atoms with Gasteiger partial charge in [-0.15, -0.1) is 0 Å². The fourth-order valence-electron chi connectivity index (χ4n) is 1.40. The first kappa shape index (κ1) is 5.93. The van der Waals surface area contributed by atoms with Crippen molar-refractivity contribution in [2.45, 2.75) is 12.5 Å². The summed E-state index contributed by atoms with van der Waals surface area (Å²) in [4.78, 5) is 0. The minimum absolute atomic E-state index is 0.499. The predicted octanol–water partition coefficient (Wildman–Crippen LogP) is 1.40. The number of fused-ring (bicyclic) bond motifs is 1. The largest absolute Gasteiger partial charge is 0.303 e. The van der Waals surface area contributed by atoms with Crippen LogP contribution in [0.25, 0.3) is 0 Å². The van der Waals surface area contributed by atoms with Gasteiger partial charge in [-0.3, -0.25) is 0 Å². The third kappa shape index (κ3) is 0.929. The van der Waals surface area contributed by atoms with E-state index in [4.69, 9.17) is 0 Å². The normalized spacial score (nSPS) is 29.6. The summed E-state index contributed by atoms with van der Waals surface area (Å²) in [5.74, 6) is 0. The van der Waals surface area contributed by atoms with Crippen molar-refractivity contribution in [2.75, 3.05) is 6.54 Å². The van der Waals surface area contributed by atoms with Crippen LogP contribution in [0.5, 0.6) is 0 Å². The molecule has 0 aromatic rings. The van der Waals surface area contributed by atoms with Crippen molar-refractivity contribution in [2.24, 2.45) is 0 Å². The number of hydrogen-bond donors (Lipinski definition) is 1. The average molecular weight is 133 g/mol. The van der Waals surface area contributed by atoms with Crippen molar-refractivity contribution in [1.82, 2.24) is 5.32 Å². The molecule has 0 bridgehead atoms. The average Bonchev–Trinajstić information content (AvgIpc) is 2.05. The van der Waals surface area contributed by atoms with Crippen molar-refractivity contribution in [3.8, 4) is 0 Å². The summed E-state index contributed by atoms with van der Waals surface area (Å²) in [5.41, 5.74) is 1.42. The van der Waals surface area contributed by atoms with Crippen LogP contribution < -0.4 is 5.32 Å². The Kier molecular flexibility index (Phi) is 1.44. The minimum Gasteiger partial charge on any atom is -0.303 e. The van der Waals surface area contributed by atoms with Gasteiger partial charge in [-0.05, 0) is 12.0 Å². The van der Waals surface area contributed by atoms with Crippen LogP contribution >= 0.6 is 0 Å². The van der Waals surface area contributed by atoms with E-state index in [9.17, 15) is 0 Å². The van der Waals surface area contributed by atoms with Crippen molar-refractivity contribution in [3.63, 3.8) is 0 Å². The van der Waals surface area contributed by atoms with Gasteiger partial charge in [0.1, 0.15) is 0 Å². The maximum atomic E-state index is 3.38. The van der Waals surface area contributed by atoms with Gasteiger partial charge in [-0.2, -0.15) is 0 Å². The van der Waals surface area contributed by atoms with Gasteiger partial charge in [0, 0.05) is 6.54 Å². The molecule has 0 amide bonds. The smallest absolute Gasteiger partial charge is 0.0505 e. The highest BCUT2D eigenvalue weighted by atomic mass is 14.9. The van der Waals surface area contributed by atoms with Crippen LogP contribution in [0.2, 0.25) is 0 Å². The first-order chi connectivity index (χ1) is 4.97. The third-order valence-electron chi connectivity index (χ3n) is 1.94. The number of nitrogens with one attached hydrogen (secondary N) is 1. The highest BCUT2D eigenvalue weighted by molar-refractivity contribution is 5.35. The fraction of sp³-hybridized carbons (Fsp3) is 0.333. The fourth-order valence-corrected chi connectivity index (χ4v) is 1.40. The molecule has 0 saturated carbocycles. The van der Waals surface area contributed by atoms with E-state index in [0.717, 1.165) is 13.0 Å². The van der Waals surface area contributed by atoms with Gasteiger partial charge in [0.2, 0.25) is 0 Å². The molecule has 1 heteroatoms. The molecule has 0 aromatic carbocycles. The van der Waals surface area contributed by atoms with Crippen molar-refractivity contribution in [3.05, 3.63) is 36.0 Å². The molecule has 2 aliphatic rings. The van der Waals surface area contributed by atoms with Crippen LogP contribution in [0.1, 0.15) is 6.42 Å². The summed E-state index contributed by atoms with van der Waals surface area (Å²) in [6, 6.07) is 0.499. The van der Waals surface area contributed by atoms with E-state index in [2.05, 4.69) is 35.7 Å². The van der Waals surface area contributed by atoms with Crippen molar-refractivity contribution in [1.29, 1.82) is 0 Å². The Labute approximate surface area is 61.1 Å². The first-order valence-corrected chi connectivity index (χ1v) is 3.73. The Morgan fingerprint density at radius 2 is 2.40 bits per heavy atom. The molecule has 0 radical (unpaired) electrons. The molecular formula is C9H11N. The molecule has 0 aromatic heterocycles. The second-order valence-electron chi connectivity index (χ2n) is 2.66. The Morgan fingerprint density at radius 3 is 3.30 bits per heavy atom. The minimum atomic E-state index is 0.499. The Balaban J connectivity index is 2.26. The van der Waals surface area contributed by atoms with Crippen LogP contribution in [-0.2, 0) is 0 Å². The molecule has 1 heterocycles. The number of hydrogen-bond acceptors (Lipinski definition) is 1. The number of rotatable bonds is 0. The van der Waals surface area contributed by atoms with Crippen LogP contribution in [0, 0.1) is 0 Å². The lowest BCUT2D eigenvalue weighted by Crippen LogP contribution is -2.32. The summed E-state index contributed by atoms with van der Waals surface area (Å²) >= 11 is 0. The van der Waals surface area contributed by atoms with Crippen LogP contribution in [0.4, 0.5) is 0 Å². The summed E-state index contributed by atoms with van der Waals surface area (Å²) < 4.78 is 0. The Hall–Kier alpha value is -0.820. The molecule has 0 fully saturated rings. The molecule has 0 spiro atoms. The topological polar surface area (TPSA) is 12.0 Å². The van der Waals surface area contributed by atoms with Gasteiger partial charge < -0.3 is 5.32 Å². The van der Waals surface area contributed by atoms with Crippen molar-refractivity contribution >= 4 is 0 Å². The summed E-state index contributed by atoms with van der Waals surface area (Å²) in [7, 11) is 0. The lowest BCUT2D eigenvalue weighted by molar-refractivity contribution is 0.690. The first-order valence-electron chi connectivity index (χ1n) is 3.73. The molecular weight excluding hydrogens is 122 g/mol. The van der Waals surface area contributed by atoms with Gasteiger partial charge in [-0.1, -0.05) is 30.4 Å². The van der Waals surface area contributed by atoms with E-state index in [1.165, 1.54) is 5.57 Å². The lowest BCUT2D eigenvalue weighted by Gasteiger charge is -2.21. The molecule has 1 atom stereocenters. The molecule has 10 heavy (non-hydrogen) atoms. The molecule has 0 saturated heterocycles. The van der Waals surface area contributed by atoms with Crippen molar-refractivity contribution < 1.29 is 0 Å². The maximum Gasteiger partial charge on any atom is 0.0505 e. The molecule has 1 unspecified atom stereocenters. The molecule has 1 aliphatic heterocycles. The maximum absolute atomic E-state index is 3.38. The standard InChI is InChI=1S/C9H11N/c1-2-6-9-8(4-1)5-3-7-10-9/h2-6,9-10H,1,7H2. The van der Waals surface area contributed by atoms with Gasteiger partial charge in [0.15, 0.2) is 0 Å². The van der Waals surface area contributed by atoms with E-state index in [-0.39, 0.29) is 0 Å². The van der Waals surface area contributed by atoms with Crippen LogP contribution in [-0.4, -0.2) is 12.6 Å².